The molecule has 2 aliphatic heterocycles. The number of nitrogens with zero attached hydrogens (tertiary/aromatic N) is 3. The topological polar surface area (TPSA) is 66.4 Å². The summed E-state index contributed by atoms with van der Waals surface area (Å²) in [7, 11) is 1.68. The number of piperazine rings is 1. The summed E-state index contributed by atoms with van der Waals surface area (Å²) in [6.45, 7) is 6.89. The molecule has 29 heavy (non-hydrogen) atoms. The number of carbonyl (C=O) groups is 1. The molecule has 0 spiro atoms. The molecule has 2 unspecified atom stereocenters. The van der Waals surface area contributed by atoms with E-state index < -0.39 is 0 Å². The number of amides is 1. The molecule has 160 valence electrons. The molecule has 2 fully saturated rings. The van der Waals surface area contributed by atoms with Crippen LogP contribution in [0.4, 0.5) is 0 Å². The molecule has 1 aromatic carbocycles. The first-order valence-corrected chi connectivity index (χ1v) is 10.7. The normalized spacial score (nSPS) is 21.3. The highest BCUT2D eigenvalue weighted by atomic mass is 35.5. The van der Waals surface area contributed by atoms with Gasteiger partial charge in [-0.1, -0.05) is 23.7 Å². The quantitative estimate of drug-likeness (QED) is 0.563. The van der Waals surface area contributed by atoms with Gasteiger partial charge in [0.25, 0.3) is 5.91 Å². The summed E-state index contributed by atoms with van der Waals surface area (Å²) < 4.78 is 11.2. The van der Waals surface area contributed by atoms with Crippen LogP contribution in [0.2, 0.25) is 5.02 Å². The minimum atomic E-state index is -0.247. The Morgan fingerprint density at radius 2 is 2.10 bits per heavy atom. The number of guanidine groups is 1. The zero-order valence-corrected chi connectivity index (χ0v) is 18.0. The summed E-state index contributed by atoms with van der Waals surface area (Å²) in [5, 5.41) is 4.05. The highest BCUT2D eigenvalue weighted by molar-refractivity contribution is 6.30. The number of ether oxygens (including phenoxy) is 2. The van der Waals surface area contributed by atoms with E-state index in [0.717, 1.165) is 44.0 Å². The van der Waals surface area contributed by atoms with E-state index >= 15 is 0 Å². The Morgan fingerprint density at radius 1 is 1.34 bits per heavy atom. The largest absolute Gasteiger partial charge is 0.375 e. The van der Waals surface area contributed by atoms with E-state index in [2.05, 4.69) is 17.1 Å². The zero-order chi connectivity index (χ0) is 20.6. The number of nitrogens with one attached hydrogen (secondary N) is 1. The molecular formula is C21H31ClN4O3. The van der Waals surface area contributed by atoms with Gasteiger partial charge >= 0.3 is 0 Å². The maximum atomic E-state index is 12.6. The molecule has 1 aromatic rings. The average Bonchev–Trinajstić information content (AvgIpc) is 3.28. The van der Waals surface area contributed by atoms with Crippen LogP contribution in [0.5, 0.6) is 0 Å². The van der Waals surface area contributed by atoms with Crippen LogP contribution in [0.3, 0.4) is 0 Å². The van der Waals surface area contributed by atoms with Crippen LogP contribution in [0.25, 0.3) is 0 Å². The number of hydrogen-bond donors (Lipinski definition) is 1. The minimum absolute atomic E-state index is 0.129. The fraction of sp³-hybridized carbons (Fsp3) is 0.619. The van der Waals surface area contributed by atoms with Gasteiger partial charge in [-0.25, -0.2) is 0 Å². The Morgan fingerprint density at radius 3 is 2.72 bits per heavy atom. The Hall–Kier alpha value is -1.83. The third-order valence-corrected chi connectivity index (χ3v) is 5.58. The molecule has 0 bridgehead atoms. The van der Waals surface area contributed by atoms with Crippen molar-refractivity contribution in [3.63, 3.8) is 0 Å². The van der Waals surface area contributed by atoms with E-state index in [1.54, 1.807) is 7.11 Å². The maximum Gasteiger partial charge on any atom is 0.251 e. The standard InChI is InChI=1S/C21H31ClN4O3/c1-3-23-21(24-15-19(28-2)16-6-4-7-17(22)14-16)26-11-9-25(10-12-26)20(27)18-8-5-13-29-18/h4,6-7,14,18-19H,3,5,8-13,15H2,1-2H3,(H,23,24). The van der Waals surface area contributed by atoms with Crippen molar-refractivity contribution in [3.8, 4) is 0 Å². The molecule has 3 rings (SSSR count). The van der Waals surface area contributed by atoms with E-state index in [4.69, 9.17) is 26.1 Å². The molecular weight excluding hydrogens is 392 g/mol. The molecule has 2 aliphatic rings. The summed E-state index contributed by atoms with van der Waals surface area (Å²) in [5.74, 6) is 0.977. The van der Waals surface area contributed by atoms with Crippen molar-refractivity contribution in [2.75, 3.05) is 53.0 Å². The second-order valence-corrected chi connectivity index (χ2v) is 7.72. The van der Waals surface area contributed by atoms with Gasteiger partial charge in [0.15, 0.2) is 5.96 Å². The van der Waals surface area contributed by atoms with Crippen LogP contribution in [-0.2, 0) is 14.3 Å². The summed E-state index contributed by atoms with van der Waals surface area (Å²) in [6, 6.07) is 7.68. The van der Waals surface area contributed by atoms with Crippen LogP contribution in [0, 0.1) is 0 Å². The van der Waals surface area contributed by atoms with Crippen molar-refractivity contribution in [3.05, 3.63) is 34.9 Å². The highest BCUT2D eigenvalue weighted by Gasteiger charge is 2.31. The van der Waals surface area contributed by atoms with Gasteiger partial charge < -0.3 is 24.6 Å². The number of benzene rings is 1. The van der Waals surface area contributed by atoms with Crippen molar-refractivity contribution < 1.29 is 14.3 Å². The Bertz CT molecular complexity index is 701. The lowest BCUT2D eigenvalue weighted by molar-refractivity contribution is -0.142. The second-order valence-electron chi connectivity index (χ2n) is 7.29. The molecule has 0 aliphatic carbocycles. The van der Waals surface area contributed by atoms with Crippen molar-refractivity contribution in [1.82, 2.24) is 15.1 Å². The van der Waals surface area contributed by atoms with Crippen molar-refractivity contribution in [2.24, 2.45) is 4.99 Å². The molecule has 0 radical (unpaired) electrons. The van der Waals surface area contributed by atoms with Gasteiger partial charge in [0.2, 0.25) is 0 Å². The van der Waals surface area contributed by atoms with Crippen LogP contribution in [0.1, 0.15) is 31.4 Å². The van der Waals surface area contributed by atoms with E-state index in [1.165, 1.54) is 0 Å². The van der Waals surface area contributed by atoms with Crippen molar-refractivity contribution >= 4 is 23.5 Å². The Balaban J connectivity index is 1.59. The van der Waals surface area contributed by atoms with Crippen LogP contribution >= 0.6 is 11.6 Å². The number of halogens is 1. The Kier molecular flexibility index (Phi) is 8.15. The maximum absolute atomic E-state index is 12.6. The lowest BCUT2D eigenvalue weighted by Crippen LogP contribution is -2.55. The summed E-state index contributed by atoms with van der Waals surface area (Å²) in [5.41, 5.74) is 1.01. The third kappa shape index (κ3) is 5.84. The molecule has 1 N–H and O–H groups in total. The number of methoxy groups -OCH3 is 1. The zero-order valence-electron chi connectivity index (χ0n) is 17.3. The van der Waals surface area contributed by atoms with Gasteiger partial charge in [-0.15, -0.1) is 0 Å². The van der Waals surface area contributed by atoms with Gasteiger partial charge in [-0.3, -0.25) is 9.79 Å². The fourth-order valence-corrected chi connectivity index (χ4v) is 3.93. The monoisotopic (exact) mass is 422 g/mol. The van der Waals surface area contributed by atoms with E-state index in [0.29, 0.717) is 31.3 Å². The first kappa shape index (κ1) is 21.9. The molecule has 0 aromatic heterocycles. The molecule has 1 amide bonds. The number of hydrogen-bond acceptors (Lipinski definition) is 4. The first-order chi connectivity index (χ1) is 14.1. The molecule has 7 nitrogen and oxygen atoms in total. The third-order valence-electron chi connectivity index (χ3n) is 5.34. The van der Waals surface area contributed by atoms with Crippen LogP contribution in [-0.4, -0.2) is 80.8 Å². The molecule has 2 heterocycles. The number of aliphatic imine (C=N–C) groups is 1. The summed E-state index contributed by atoms with van der Waals surface area (Å²) in [6.07, 6.45) is 1.40. The average molecular weight is 423 g/mol. The lowest BCUT2D eigenvalue weighted by atomic mass is 10.1. The van der Waals surface area contributed by atoms with E-state index in [-0.39, 0.29) is 18.1 Å². The van der Waals surface area contributed by atoms with Gasteiger partial charge in [0, 0.05) is 51.5 Å². The molecule has 8 heteroatoms. The van der Waals surface area contributed by atoms with Gasteiger partial charge in [-0.2, -0.15) is 0 Å². The van der Waals surface area contributed by atoms with Crippen LogP contribution in [0.15, 0.2) is 29.3 Å². The van der Waals surface area contributed by atoms with Gasteiger partial charge in [-0.05, 0) is 37.5 Å². The number of rotatable bonds is 6. The first-order valence-electron chi connectivity index (χ1n) is 10.3. The molecule has 2 saturated heterocycles. The predicted molar refractivity (Wildman–Crippen MR) is 114 cm³/mol. The molecule has 2 atom stereocenters. The van der Waals surface area contributed by atoms with Crippen LogP contribution < -0.4 is 5.32 Å². The smallest absolute Gasteiger partial charge is 0.251 e. The number of carbonyl (C=O) groups excluding carboxylic acids is 1. The van der Waals surface area contributed by atoms with E-state index in [9.17, 15) is 4.79 Å². The van der Waals surface area contributed by atoms with Crippen molar-refractivity contribution in [2.45, 2.75) is 32.0 Å². The summed E-state index contributed by atoms with van der Waals surface area (Å²) in [4.78, 5) is 21.5. The van der Waals surface area contributed by atoms with Gasteiger partial charge in [0.05, 0.1) is 6.54 Å². The predicted octanol–water partition coefficient (Wildman–Crippen LogP) is 2.32. The highest BCUT2D eigenvalue weighted by Crippen LogP contribution is 2.21. The van der Waals surface area contributed by atoms with Crippen molar-refractivity contribution in [1.29, 1.82) is 0 Å². The SMILES string of the molecule is CCNC(=NCC(OC)c1cccc(Cl)c1)N1CCN(C(=O)C2CCCO2)CC1. The fourth-order valence-electron chi connectivity index (χ4n) is 3.73. The second kappa shape index (κ2) is 10.8. The van der Waals surface area contributed by atoms with Gasteiger partial charge in [0.1, 0.15) is 12.2 Å². The van der Waals surface area contributed by atoms with E-state index in [1.807, 2.05) is 29.2 Å². The molecule has 0 saturated carbocycles. The Labute approximate surface area is 178 Å². The lowest BCUT2D eigenvalue weighted by Gasteiger charge is -2.37. The summed E-state index contributed by atoms with van der Waals surface area (Å²) >= 11 is 6.11. The minimum Gasteiger partial charge on any atom is -0.375 e.